The molecule has 3 rings (SSSR count). The van der Waals surface area contributed by atoms with Crippen molar-refractivity contribution in [3.05, 3.63) is 49.4 Å². The second kappa shape index (κ2) is 8.68. The number of nitrogens with zero attached hydrogens (tertiary/aromatic N) is 1. The summed E-state index contributed by atoms with van der Waals surface area (Å²) in [5.41, 5.74) is 1.08. The molecule has 2 aromatic rings. The molecule has 0 fully saturated rings. The lowest BCUT2D eigenvalue weighted by Crippen LogP contribution is -2.04. The van der Waals surface area contributed by atoms with E-state index in [0.717, 1.165) is 26.2 Å². The fourth-order valence-electron chi connectivity index (χ4n) is 2.35. The molecule has 26 heavy (non-hydrogen) atoms. The highest BCUT2D eigenvalue weighted by atomic mass is 127. The molecule has 0 saturated carbocycles. The normalized spacial score (nSPS) is 15.1. The summed E-state index contributed by atoms with van der Waals surface area (Å²) >= 11 is 3.69. The Morgan fingerprint density at radius 2 is 2.15 bits per heavy atom. The summed E-state index contributed by atoms with van der Waals surface area (Å²) in [5.74, 6) is 1.29. The highest BCUT2D eigenvalue weighted by Crippen LogP contribution is 2.35. The molecule has 5 nitrogen and oxygen atoms in total. The van der Waals surface area contributed by atoms with Gasteiger partial charge in [-0.1, -0.05) is 13.0 Å². The van der Waals surface area contributed by atoms with E-state index >= 15 is 0 Å². The number of esters is 1. The lowest BCUT2D eigenvalue weighted by atomic mass is 10.1. The minimum atomic E-state index is -0.451. The number of carbonyl (C=O) groups excluding carboxylic acids is 1. The zero-order valence-electron chi connectivity index (χ0n) is 14.5. The van der Waals surface area contributed by atoms with Crippen LogP contribution in [-0.4, -0.2) is 25.1 Å². The minimum Gasteiger partial charge on any atom is -0.490 e. The van der Waals surface area contributed by atoms with E-state index in [9.17, 15) is 4.79 Å². The number of hydrogen-bond acceptors (Lipinski definition) is 6. The number of ether oxygens (including phenoxy) is 3. The number of aliphatic imine (C=N–C) groups is 1. The highest BCUT2D eigenvalue weighted by Gasteiger charge is 2.25. The van der Waals surface area contributed by atoms with Crippen molar-refractivity contribution in [1.29, 1.82) is 0 Å². The van der Waals surface area contributed by atoms with Gasteiger partial charge in [-0.2, -0.15) is 0 Å². The first kappa shape index (κ1) is 18.9. The number of benzene rings is 1. The van der Waals surface area contributed by atoms with Crippen molar-refractivity contribution in [3.63, 3.8) is 0 Å². The molecule has 7 heteroatoms. The van der Waals surface area contributed by atoms with E-state index in [1.54, 1.807) is 6.08 Å². The minimum absolute atomic E-state index is 0.272. The largest absolute Gasteiger partial charge is 0.490 e. The maximum Gasteiger partial charge on any atom is 0.363 e. The predicted octanol–water partition coefficient (Wildman–Crippen LogP) is 4.88. The van der Waals surface area contributed by atoms with Crippen LogP contribution in [0.1, 0.15) is 30.7 Å². The number of hydrogen-bond donors (Lipinski definition) is 0. The van der Waals surface area contributed by atoms with E-state index in [-0.39, 0.29) is 5.70 Å². The summed E-state index contributed by atoms with van der Waals surface area (Å²) in [4.78, 5) is 17.3. The summed E-state index contributed by atoms with van der Waals surface area (Å²) in [5, 5.41) is 1.92. The Morgan fingerprint density at radius 1 is 1.31 bits per heavy atom. The van der Waals surface area contributed by atoms with E-state index in [1.165, 1.54) is 11.3 Å². The molecule has 0 saturated heterocycles. The van der Waals surface area contributed by atoms with Crippen molar-refractivity contribution in [2.24, 2.45) is 4.99 Å². The number of thiophene rings is 1. The fraction of sp³-hybridized carbons (Fsp3) is 0.263. The summed E-state index contributed by atoms with van der Waals surface area (Å²) in [6, 6.07) is 7.56. The standard InChI is InChI=1S/C19H18INO4S/c1-3-7-24-17-13(20)9-12(11-15(17)23-4-2)10-14-19(22)25-18(21-14)16-6-5-8-26-16/h5-6,8-11H,3-4,7H2,1-2H3/b14-10+. The summed E-state index contributed by atoms with van der Waals surface area (Å²) < 4.78 is 17.7. The molecule has 0 amide bonds. The van der Waals surface area contributed by atoms with Gasteiger partial charge in [-0.05, 0) is 71.2 Å². The quantitative estimate of drug-likeness (QED) is 0.320. The average molecular weight is 483 g/mol. The topological polar surface area (TPSA) is 57.1 Å². The van der Waals surface area contributed by atoms with Crippen LogP contribution in [0.3, 0.4) is 0 Å². The van der Waals surface area contributed by atoms with Gasteiger partial charge in [0.2, 0.25) is 5.90 Å². The van der Waals surface area contributed by atoms with Gasteiger partial charge >= 0.3 is 5.97 Å². The predicted molar refractivity (Wildman–Crippen MR) is 111 cm³/mol. The molecular weight excluding hydrogens is 465 g/mol. The lowest BCUT2D eigenvalue weighted by molar-refractivity contribution is -0.129. The molecule has 0 unspecified atom stereocenters. The number of rotatable bonds is 7. The van der Waals surface area contributed by atoms with Gasteiger partial charge < -0.3 is 14.2 Å². The molecule has 0 bridgehead atoms. The van der Waals surface area contributed by atoms with Crippen LogP contribution in [0.2, 0.25) is 0 Å². The van der Waals surface area contributed by atoms with Crippen molar-refractivity contribution in [2.45, 2.75) is 20.3 Å². The van der Waals surface area contributed by atoms with E-state index in [2.05, 4.69) is 34.5 Å². The molecule has 0 spiro atoms. The van der Waals surface area contributed by atoms with Crippen LogP contribution in [-0.2, 0) is 9.53 Å². The third-order valence-corrected chi connectivity index (χ3v) is 5.10. The SMILES string of the molecule is CCCOc1c(I)cc(/C=C2/N=C(c3cccs3)OC2=O)cc1OCC. The Kier molecular flexibility index (Phi) is 6.31. The second-order valence-corrected chi connectivity index (χ2v) is 7.53. The van der Waals surface area contributed by atoms with Crippen LogP contribution in [0, 0.1) is 3.57 Å². The van der Waals surface area contributed by atoms with Gasteiger partial charge in [0.25, 0.3) is 0 Å². The molecule has 1 aliphatic rings. The Bertz CT molecular complexity index is 859. The first-order valence-electron chi connectivity index (χ1n) is 8.28. The molecule has 1 aliphatic heterocycles. The van der Waals surface area contributed by atoms with Crippen LogP contribution >= 0.6 is 33.9 Å². The van der Waals surface area contributed by atoms with E-state index in [4.69, 9.17) is 14.2 Å². The zero-order valence-corrected chi connectivity index (χ0v) is 17.4. The van der Waals surface area contributed by atoms with Crippen LogP contribution < -0.4 is 9.47 Å². The van der Waals surface area contributed by atoms with Crippen LogP contribution in [0.15, 0.2) is 40.3 Å². The smallest absolute Gasteiger partial charge is 0.363 e. The molecule has 2 heterocycles. The van der Waals surface area contributed by atoms with E-state index in [0.29, 0.717) is 24.9 Å². The third kappa shape index (κ3) is 4.27. The molecular formula is C19H18INO4S. The highest BCUT2D eigenvalue weighted by molar-refractivity contribution is 14.1. The van der Waals surface area contributed by atoms with Gasteiger partial charge in [-0.25, -0.2) is 9.79 Å². The van der Waals surface area contributed by atoms with Crippen molar-refractivity contribution in [3.8, 4) is 11.5 Å². The fourth-order valence-corrected chi connectivity index (χ4v) is 3.78. The average Bonchev–Trinajstić information content (AvgIpc) is 3.25. The summed E-state index contributed by atoms with van der Waals surface area (Å²) in [7, 11) is 0. The van der Waals surface area contributed by atoms with Gasteiger partial charge in [0, 0.05) is 0 Å². The number of carbonyl (C=O) groups is 1. The van der Waals surface area contributed by atoms with Gasteiger partial charge in [0.05, 0.1) is 21.7 Å². The second-order valence-electron chi connectivity index (χ2n) is 5.42. The Balaban J connectivity index is 1.93. The van der Waals surface area contributed by atoms with Crippen molar-refractivity contribution < 1.29 is 19.0 Å². The molecule has 1 aromatic carbocycles. The van der Waals surface area contributed by atoms with Crippen molar-refractivity contribution in [1.82, 2.24) is 0 Å². The van der Waals surface area contributed by atoms with Gasteiger partial charge in [-0.15, -0.1) is 11.3 Å². The molecule has 1 aromatic heterocycles. The van der Waals surface area contributed by atoms with Crippen LogP contribution in [0.25, 0.3) is 6.08 Å². The van der Waals surface area contributed by atoms with Crippen molar-refractivity contribution >= 4 is 51.9 Å². The van der Waals surface area contributed by atoms with Crippen molar-refractivity contribution in [2.75, 3.05) is 13.2 Å². The molecule has 0 radical (unpaired) electrons. The number of cyclic esters (lactones) is 1. The van der Waals surface area contributed by atoms with Gasteiger partial charge in [-0.3, -0.25) is 0 Å². The van der Waals surface area contributed by atoms with Crippen LogP contribution in [0.4, 0.5) is 0 Å². The summed E-state index contributed by atoms with van der Waals surface area (Å²) in [6.07, 6.45) is 2.62. The van der Waals surface area contributed by atoms with E-state index < -0.39 is 5.97 Å². The molecule has 0 N–H and O–H groups in total. The first-order chi connectivity index (χ1) is 12.6. The Labute approximate surface area is 169 Å². The summed E-state index contributed by atoms with van der Waals surface area (Å²) in [6.45, 7) is 5.13. The first-order valence-corrected chi connectivity index (χ1v) is 10.2. The van der Waals surface area contributed by atoms with Crippen LogP contribution in [0.5, 0.6) is 11.5 Å². The van der Waals surface area contributed by atoms with E-state index in [1.807, 2.05) is 36.6 Å². The molecule has 136 valence electrons. The maximum atomic E-state index is 12.1. The zero-order chi connectivity index (χ0) is 18.5. The lowest BCUT2D eigenvalue weighted by Gasteiger charge is -2.14. The Hall–Kier alpha value is -1.87. The molecule has 0 aliphatic carbocycles. The monoisotopic (exact) mass is 483 g/mol. The number of halogens is 1. The Morgan fingerprint density at radius 3 is 2.85 bits per heavy atom. The van der Waals surface area contributed by atoms with Gasteiger partial charge in [0.1, 0.15) is 0 Å². The van der Waals surface area contributed by atoms with Gasteiger partial charge in [0.15, 0.2) is 17.2 Å². The maximum absolute atomic E-state index is 12.1. The third-order valence-electron chi connectivity index (χ3n) is 3.44. The molecule has 0 atom stereocenters.